The second-order valence-corrected chi connectivity index (χ2v) is 6.80. The first-order valence-electron chi connectivity index (χ1n) is 7.49. The molecule has 2 nitrogen and oxygen atoms in total. The molecule has 2 aliphatic rings. The topological polar surface area (TPSA) is 15.3 Å². The Bertz CT molecular complexity index is 458. The van der Waals surface area contributed by atoms with Gasteiger partial charge in [0.05, 0.1) is 0 Å². The lowest BCUT2D eigenvalue weighted by Crippen LogP contribution is -2.36. The van der Waals surface area contributed by atoms with E-state index in [1.165, 1.54) is 66.4 Å². The third kappa shape index (κ3) is 2.97. The summed E-state index contributed by atoms with van der Waals surface area (Å²) in [7, 11) is 2.28. The molecule has 0 spiro atoms. The lowest BCUT2D eigenvalue weighted by atomic mass is 9.96. The molecule has 1 N–H and O–H groups in total. The molecular formula is C16H23BrN2. The van der Waals surface area contributed by atoms with Gasteiger partial charge in [0.2, 0.25) is 0 Å². The van der Waals surface area contributed by atoms with Crippen LogP contribution in [0.2, 0.25) is 0 Å². The molecule has 0 aliphatic carbocycles. The number of nitrogens with one attached hydrogen (secondary N) is 1. The number of hydrogen-bond acceptors (Lipinski definition) is 2. The molecule has 0 radical (unpaired) electrons. The van der Waals surface area contributed by atoms with E-state index in [-0.39, 0.29) is 0 Å². The number of aryl methyl sites for hydroxylation is 1. The number of hydrogen-bond donors (Lipinski definition) is 1. The predicted molar refractivity (Wildman–Crippen MR) is 84.9 cm³/mol. The molecule has 1 unspecified atom stereocenters. The maximum atomic E-state index is 3.75. The first-order chi connectivity index (χ1) is 9.24. The molecule has 1 saturated heterocycles. The average molecular weight is 323 g/mol. The van der Waals surface area contributed by atoms with Gasteiger partial charge < -0.3 is 10.2 Å². The van der Waals surface area contributed by atoms with Gasteiger partial charge >= 0.3 is 0 Å². The Morgan fingerprint density at radius 1 is 1.37 bits per heavy atom. The van der Waals surface area contributed by atoms with Crippen LogP contribution in [0.25, 0.3) is 0 Å². The number of halogens is 1. The van der Waals surface area contributed by atoms with Crippen LogP contribution in [-0.4, -0.2) is 31.1 Å². The van der Waals surface area contributed by atoms with Gasteiger partial charge in [-0.3, -0.25) is 0 Å². The van der Waals surface area contributed by atoms with Gasteiger partial charge in [-0.1, -0.05) is 22.4 Å². The molecule has 2 heterocycles. The Kier molecular flexibility index (Phi) is 4.13. The van der Waals surface area contributed by atoms with E-state index in [2.05, 4.69) is 45.3 Å². The molecule has 19 heavy (non-hydrogen) atoms. The van der Waals surface area contributed by atoms with Gasteiger partial charge in [0.25, 0.3) is 0 Å². The zero-order valence-corrected chi connectivity index (χ0v) is 13.3. The van der Waals surface area contributed by atoms with Gasteiger partial charge in [-0.25, -0.2) is 0 Å². The van der Waals surface area contributed by atoms with Crippen molar-refractivity contribution < 1.29 is 0 Å². The van der Waals surface area contributed by atoms with Crippen molar-refractivity contribution >= 4 is 21.6 Å². The van der Waals surface area contributed by atoms with Crippen molar-refractivity contribution in [2.24, 2.45) is 0 Å². The van der Waals surface area contributed by atoms with Crippen molar-refractivity contribution in [3.63, 3.8) is 0 Å². The molecule has 3 heteroatoms. The molecular weight excluding hydrogens is 300 g/mol. The highest BCUT2D eigenvalue weighted by Gasteiger charge is 2.19. The van der Waals surface area contributed by atoms with E-state index in [0.717, 1.165) is 12.6 Å². The van der Waals surface area contributed by atoms with E-state index in [4.69, 9.17) is 0 Å². The van der Waals surface area contributed by atoms with Crippen LogP contribution in [-0.2, 0) is 12.8 Å². The molecule has 0 aromatic heterocycles. The number of rotatable bonds is 3. The van der Waals surface area contributed by atoms with E-state index in [9.17, 15) is 0 Å². The molecule has 1 atom stereocenters. The minimum absolute atomic E-state index is 0.780. The summed E-state index contributed by atoms with van der Waals surface area (Å²) in [6, 6.07) is 5.45. The Hall–Kier alpha value is -0.540. The summed E-state index contributed by atoms with van der Waals surface area (Å²) < 4.78 is 1.30. The van der Waals surface area contributed by atoms with Crippen LogP contribution < -0.4 is 5.32 Å². The maximum absolute atomic E-state index is 3.75. The number of anilines is 1. The largest absolute Gasteiger partial charge is 0.384 e. The van der Waals surface area contributed by atoms with Crippen LogP contribution in [0.4, 0.5) is 5.69 Å². The van der Waals surface area contributed by atoms with E-state index < -0.39 is 0 Å². The monoisotopic (exact) mass is 322 g/mol. The van der Waals surface area contributed by atoms with Crippen LogP contribution in [0.3, 0.4) is 0 Å². The van der Waals surface area contributed by atoms with E-state index in [1.807, 2.05) is 0 Å². The van der Waals surface area contributed by atoms with E-state index >= 15 is 0 Å². The van der Waals surface area contributed by atoms with E-state index in [1.54, 1.807) is 0 Å². The SMILES string of the molecule is CN1CCCCC1CCc1cc2c(cc1Br)CCN2. The molecule has 0 bridgehead atoms. The second kappa shape index (κ2) is 5.84. The fourth-order valence-electron chi connectivity index (χ4n) is 3.39. The lowest BCUT2D eigenvalue weighted by Gasteiger charge is -2.32. The van der Waals surface area contributed by atoms with Gasteiger partial charge in [0.15, 0.2) is 0 Å². The van der Waals surface area contributed by atoms with Crippen LogP contribution in [0.15, 0.2) is 16.6 Å². The zero-order chi connectivity index (χ0) is 13.2. The second-order valence-electron chi connectivity index (χ2n) is 5.95. The van der Waals surface area contributed by atoms with Crippen molar-refractivity contribution in [2.75, 3.05) is 25.5 Å². The Balaban J connectivity index is 1.66. The van der Waals surface area contributed by atoms with Crippen molar-refractivity contribution in [1.82, 2.24) is 4.90 Å². The first kappa shape index (κ1) is 13.4. The molecule has 2 aliphatic heterocycles. The normalized spacial score (nSPS) is 23.2. The molecule has 0 amide bonds. The van der Waals surface area contributed by atoms with Crippen LogP contribution >= 0.6 is 15.9 Å². The predicted octanol–water partition coefficient (Wildman–Crippen LogP) is 3.83. The number of nitrogens with zero attached hydrogens (tertiary/aromatic N) is 1. The van der Waals surface area contributed by atoms with Gasteiger partial charge in [-0.2, -0.15) is 0 Å². The number of fused-ring (bicyclic) bond motifs is 1. The third-order valence-electron chi connectivity index (χ3n) is 4.65. The standard InChI is InChI=1S/C16H23BrN2/c1-19-9-3-2-4-14(19)6-5-12-11-16-13(7-8-18-16)10-15(12)17/h10-11,14,18H,2-9H2,1H3. The Labute approximate surface area is 124 Å². The smallest absolute Gasteiger partial charge is 0.0377 e. The van der Waals surface area contributed by atoms with Gasteiger partial charge in [0.1, 0.15) is 0 Å². The van der Waals surface area contributed by atoms with Crippen LogP contribution in [0.1, 0.15) is 36.8 Å². The number of piperidine rings is 1. The lowest BCUT2D eigenvalue weighted by molar-refractivity contribution is 0.176. The highest BCUT2D eigenvalue weighted by molar-refractivity contribution is 9.10. The van der Waals surface area contributed by atoms with Crippen molar-refractivity contribution in [3.05, 3.63) is 27.7 Å². The maximum Gasteiger partial charge on any atom is 0.0377 e. The fraction of sp³-hybridized carbons (Fsp3) is 0.625. The molecule has 3 rings (SSSR count). The summed E-state index contributed by atoms with van der Waals surface area (Å²) in [5.41, 5.74) is 4.28. The quantitative estimate of drug-likeness (QED) is 0.909. The Morgan fingerprint density at radius 3 is 3.11 bits per heavy atom. The van der Waals surface area contributed by atoms with Crippen molar-refractivity contribution in [3.8, 4) is 0 Å². The fourth-order valence-corrected chi connectivity index (χ4v) is 3.97. The summed E-state index contributed by atoms with van der Waals surface area (Å²) in [5, 5.41) is 3.48. The van der Waals surface area contributed by atoms with E-state index in [0.29, 0.717) is 0 Å². The van der Waals surface area contributed by atoms with Crippen LogP contribution in [0, 0.1) is 0 Å². The Morgan fingerprint density at radius 2 is 2.26 bits per heavy atom. The molecule has 0 saturated carbocycles. The first-order valence-corrected chi connectivity index (χ1v) is 8.29. The third-order valence-corrected chi connectivity index (χ3v) is 5.39. The number of likely N-dealkylation sites (tertiary alicyclic amines) is 1. The minimum Gasteiger partial charge on any atom is -0.384 e. The van der Waals surface area contributed by atoms with Gasteiger partial charge in [-0.05, 0) is 69.0 Å². The average Bonchev–Trinajstić information content (AvgIpc) is 2.84. The zero-order valence-electron chi connectivity index (χ0n) is 11.7. The molecule has 1 aromatic carbocycles. The summed E-state index contributed by atoms with van der Waals surface area (Å²) in [5.74, 6) is 0. The summed E-state index contributed by atoms with van der Waals surface area (Å²) >= 11 is 3.75. The molecule has 1 aromatic rings. The van der Waals surface area contributed by atoms with Crippen molar-refractivity contribution in [1.29, 1.82) is 0 Å². The molecule has 1 fully saturated rings. The summed E-state index contributed by atoms with van der Waals surface area (Å²) in [6.45, 7) is 2.37. The number of benzene rings is 1. The summed E-state index contributed by atoms with van der Waals surface area (Å²) in [4.78, 5) is 2.54. The summed E-state index contributed by atoms with van der Waals surface area (Å²) in [6.07, 6.45) is 7.79. The highest BCUT2D eigenvalue weighted by atomic mass is 79.9. The molecule has 104 valence electrons. The highest BCUT2D eigenvalue weighted by Crippen LogP contribution is 2.31. The van der Waals surface area contributed by atoms with Gasteiger partial charge in [-0.15, -0.1) is 0 Å². The van der Waals surface area contributed by atoms with Crippen LogP contribution in [0.5, 0.6) is 0 Å². The minimum atomic E-state index is 0.780. The van der Waals surface area contributed by atoms with Crippen molar-refractivity contribution in [2.45, 2.75) is 44.6 Å². The van der Waals surface area contributed by atoms with Gasteiger partial charge in [0, 0.05) is 22.7 Å².